The molecule has 17 heavy (non-hydrogen) atoms. The second kappa shape index (κ2) is 3.55. The maximum atomic E-state index is 13.1. The van der Waals surface area contributed by atoms with E-state index in [4.69, 9.17) is 0 Å². The van der Waals surface area contributed by atoms with Crippen LogP contribution in [0.2, 0.25) is 0 Å². The zero-order valence-electron chi connectivity index (χ0n) is 8.71. The molecule has 3 aromatic rings. The van der Waals surface area contributed by atoms with Crippen LogP contribution < -0.4 is 0 Å². The van der Waals surface area contributed by atoms with Crippen LogP contribution in [0.3, 0.4) is 0 Å². The van der Waals surface area contributed by atoms with Crippen molar-refractivity contribution >= 4 is 11.0 Å². The number of nitrogens with zero attached hydrogens (tertiary/aromatic N) is 3. The minimum Gasteiger partial charge on any atom is -0.426 e. The Balaban J connectivity index is 2.28. The molecule has 5 heteroatoms. The van der Waals surface area contributed by atoms with Gasteiger partial charge in [-0.3, -0.25) is 4.98 Å². The van der Waals surface area contributed by atoms with Gasteiger partial charge in [0.2, 0.25) is 0 Å². The molecule has 0 aliphatic carbocycles. The summed E-state index contributed by atoms with van der Waals surface area (Å²) in [7, 11) is 0. The molecule has 0 radical (unpaired) electrons. The van der Waals surface area contributed by atoms with E-state index in [-0.39, 0.29) is 0 Å². The van der Waals surface area contributed by atoms with Crippen LogP contribution in [-0.4, -0.2) is 19.9 Å². The van der Waals surface area contributed by atoms with Crippen molar-refractivity contribution in [3.05, 3.63) is 48.5 Å². The van der Waals surface area contributed by atoms with Crippen molar-refractivity contribution in [2.24, 2.45) is 0 Å². The van der Waals surface area contributed by atoms with Gasteiger partial charge in [-0.05, 0) is 24.3 Å². The third-order valence-corrected chi connectivity index (χ3v) is 2.53. The second-order valence-electron chi connectivity index (χ2n) is 3.62. The second-order valence-corrected chi connectivity index (χ2v) is 3.62. The molecule has 0 aliphatic rings. The summed E-state index contributed by atoms with van der Waals surface area (Å²) in [4.78, 5) is 8.13. The number of benzene rings is 1. The maximum absolute atomic E-state index is 13.1. The topological polar surface area (TPSA) is 50.9 Å². The van der Waals surface area contributed by atoms with Gasteiger partial charge in [-0.1, -0.05) is 0 Å². The summed E-state index contributed by atoms with van der Waals surface area (Å²) in [5, 5.41) is 9.93. The van der Waals surface area contributed by atoms with Gasteiger partial charge in [0.15, 0.2) is 5.82 Å². The average Bonchev–Trinajstić information content (AvgIpc) is 2.68. The summed E-state index contributed by atoms with van der Waals surface area (Å²) in [6, 6.07) is 7.54. The first kappa shape index (κ1) is 9.77. The number of halogens is 1. The van der Waals surface area contributed by atoms with E-state index in [1.54, 1.807) is 24.5 Å². The van der Waals surface area contributed by atoms with Gasteiger partial charge in [-0.25, -0.2) is 9.37 Å². The van der Waals surface area contributed by atoms with Crippen molar-refractivity contribution < 1.29 is 9.60 Å². The summed E-state index contributed by atoms with van der Waals surface area (Å²) in [6.45, 7) is 0. The van der Waals surface area contributed by atoms with Crippen LogP contribution in [0.5, 0.6) is 0 Å². The average molecular weight is 229 g/mol. The van der Waals surface area contributed by atoms with Gasteiger partial charge in [0.1, 0.15) is 11.3 Å². The number of pyridine rings is 1. The molecule has 1 aromatic carbocycles. The molecule has 0 aliphatic heterocycles. The molecule has 4 nitrogen and oxygen atoms in total. The molecule has 0 unspecified atom stereocenters. The summed E-state index contributed by atoms with van der Waals surface area (Å²) >= 11 is 0. The Hall–Kier alpha value is -2.43. The fourth-order valence-corrected chi connectivity index (χ4v) is 1.72. The molecule has 84 valence electrons. The molecular weight excluding hydrogens is 221 g/mol. The zero-order valence-corrected chi connectivity index (χ0v) is 8.71. The van der Waals surface area contributed by atoms with Crippen LogP contribution in [0.4, 0.5) is 4.39 Å². The lowest BCUT2D eigenvalue weighted by Gasteiger charge is -1.99. The SMILES string of the molecule is On1c(-c2ccncc2)nc2ccc(F)cc21. The Morgan fingerprint density at radius 3 is 2.65 bits per heavy atom. The highest BCUT2D eigenvalue weighted by Crippen LogP contribution is 2.23. The molecule has 0 amide bonds. The van der Waals surface area contributed by atoms with E-state index in [9.17, 15) is 9.60 Å². The minimum atomic E-state index is -0.408. The van der Waals surface area contributed by atoms with E-state index in [1.165, 1.54) is 18.2 Å². The van der Waals surface area contributed by atoms with E-state index in [0.29, 0.717) is 16.9 Å². The maximum Gasteiger partial charge on any atom is 0.176 e. The molecule has 0 spiro atoms. The van der Waals surface area contributed by atoms with Crippen LogP contribution in [0.15, 0.2) is 42.7 Å². The first-order chi connectivity index (χ1) is 8.25. The lowest BCUT2D eigenvalue weighted by molar-refractivity contribution is 0.203. The number of hydrogen-bond acceptors (Lipinski definition) is 3. The smallest absolute Gasteiger partial charge is 0.176 e. The Kier molecular flexibility index (Phi) is 2.04. The summed E-state index contributed by atoms with van der Waals surface area (Å²) in [5.74, 6) is -0.0398. The van der Waals surface area contributed by atoms with Crippen molar-refractivity contribution in [1.29, 1.82) is 0 Å². The Morgan fingerprint density at radius 2 is 1.88 bits per heavy atom. The Morgan fingerprint density at radius 1 is 1.12 bits per heavy atom. The predicted molar refractivity (Wildman–Crippen MR) is 60.1 cm³/mol. The van der Waals surface area contributed by atoms with Crippen LogP contribution in [-0.2, 0) is 0 Å². The Labute approximate surface area is 95.9 Å². The molecule has 3 rings (SSSR count). The van der Waals surface area contributed by atoms with Gasteiger partial charge in [0.25, 0.3) is 0 Å². The van der Waals surface area contributed by atoms with Gasteiger partial charge >= 0.3 is 0 Å². The summed E-state index contributed by atoms with van der Waals surface area (Å²) in [6.07, 6.45) is 3.21. The van der Waals surface area contributed by atoms with Gasteiger partial charge in [-0.15, -0.1) is 0 Å². The number of rotatable bonds is 1. The third kappa shape index (κ3) is 1.52. The molecule has 2 heterocycles. The molecule has 2 aromatic heterocycles. The highest BCUT2D eigenvalue weighted by atomic mass is 19.1. The van der Waals surface area contributed by atoms with Crippen molar-refractivity contribution in [3.63, 3.8) is 0 Å². The molecular formula is C12H8FN3O. The number of hydrogen-bond donors (Lipinski definition) is 1. The normalized spacial score (nSPS) is 10.9. The molecule has 0 fully saturated rings. The number of imidazole rings is 1. The lowest BCUT2D eigenvalue weighted by Crippen LogP contribution is -1.94. The highest BCUT2D eigenvalue weighted by Gasteiger charge is 2.12. The molecule has 0 saturated heterocycles. The van der Waals surface area contributed by atoms with Crippen LogP contribution in [0, 0.1) is 5.82 Å². The van der Waals surface area contributed by atoms with Crippen molar-refractivity contribution in [2.45, 2.75) is 0 Å². The van der Waals surface area contributed by atoms with E-state index in [0.717, 1.165) is 10.3 Å². The predicted octanol–water partition coefficient (Wildman–Crippen LogP) is 2.47. The summed E-state index contributed by atoms with van der Waals surface area (Å²) < 4.78 is 13.9. The largest absolute Gasteiger partial charge is 0.426 e. The Bertz CT molecular complexity index is 679. The molecule has 0 bridgehead atoms. The third-order valence-electron chi connectivity index (χ3n) is 2.53. The van der Waals surface area contributed by atoms with Gasteiger partial charge in [0.05, 0.1) is 5.52 Å². The number of fused-ring (bicyclic) bond motifs is 1. The van der Waals surface area contributed by atoms with Gasteiger partial charge < -0.3 is 5.21 Å². The molecule has 1 N–H and O–H groups in total. The zero-order chi connectivity index (χ0) is 11.8. The van der Waals surface area contributed by atoms with Crippen LogP contribution >= 0.6 is 0 Å². The van der Waals surface area contributed by atoms with Crippen LogP contribution in [0.25, 0.3) is 22.4 Å². The summed E-state index contributed by atoms with van der Waals surface area (Å²) in [5.41, 5.74) is 1.61. The minimum absolute atomic E-state index is 0.344. The van der Waals surface area contributed by atoms with E-state index in [1.807, 2.05) is 0 Å². The molecule has 0 saturated carbocycles. The monoisotopic (exact) mass is 229 g/mol. The van der Waals surface area contributed by atoms with E-state index in [2.05, 4.69) is 9.97 Å². The molecule has 0 atom stereocenters. The first-order valence-electron chi connectivity index (χ1n) is 5.03. The lowest BCUT2D eigenvalue weighted by atomic mass is 10.2. The van der Waals surface area contributed by atoms with Crippen molar-refractivity contribution in [1.82, 2.24) is 14.7 Å². The van der Waals surface area contributed by atoms with E-state index >= 15 is 0 Å². The number of aromatic nitrogens is 3. The van der Waals surface area contributed by atoms with E-state index < -0.39 is 5.82 Å². The van der Waals surface area contributed by atoms with Gasteiger partial charge in [0, 0.05) is 24.0 Å². The van der Waals surface area contributed by atoms with Gasteiger partial charge in [-0.2, -0.15) is 4.73 Å². The standard InChI is InChI=1S/C12H8FN3O/c13-9-1-2-10-11(7-9)16(17)12(15-10)8-3-5-14-6-4-8/h1-7,17H. The fourth-order valence-electron chi connectivity index (χ4n) is 1.72. The fraction of sp³-hybridized carbons (Fsp3) is 0. The van der Waals surface area contributed by atoms with Crippen molar-refractivity contribution in [3.8, 4) is 11.4 Å². The highest BCUT2D eigenvalue weighted by molar-refractivity contribution is 5.80. The van der Waals surface area contributed by atoms with Crippen molar-refractivity contribution in [2.75, 3.05) is 0 Å². The van der Waals surface area contributed by atoms with Crippen LogP contribution in [0.1, 0.15) is 0 Å². The first-order valence-corrected chi connectivity index (χ1v) is 5.03. The quantitative estimate of drug-likeness (QED) is 0.652.